The summed E-state index contributed by atoms with van der Waals surface area (Å²) in [4.78, 5) is 8.98. The van der Waals surface area contributed by atoms with E-state index in [0.29, 0.717) is 17.7 Å². The van der Waals surface area contributed by atoms with E-state index in [1.807, 2.05) is 0 Å². The predicted molar refractivity (Wildman–Crippen MR) is 73.7 cm³/mol. The summed E-state index contributed by atoms with van der Waals surface area (Å²) in [5, 5.41) is 3.57. The van der Waals surface area contributed by atoms with Crippen LogP contribution in [0.3, 0.4) is 0 Å². The van der Waals surface area contributed by atoms with Gasteiger partial charge in [-0.2, -0.15) is 0 Å². The van der Waals surface area contributed by atoms with E-state index in [9.17, 15) is 0 Å². The first-order valence-electron chi connectivity index (χ1n) is 6.90. The first-order chi connectivity index (χ1) is 9.35. The fraction of sp³-hybridized carbons (Fsp3) is 0.467. The highest BCUT2D eigenvalue weighted by molar-refractivity contribution is 5.77. The molecule has 19 heavy (non-hydrogen) atoms. The number of hydrogen-bond donors (Lipinski definition) is 1. The lowest BCUT2D eigenvalue weighted by Crippen LogP contribution is -2.18. The van der Waals surface area contributed by atoms with Crippen molar-refractivity contribution >= 4 is 11.0 Å². The van der Waals surface area contributed by atoms with Crippen LogP contribution in [0.4, 0.5) is 0 Å². The Hall–Kier alpha value is -1.68. The van der Waals surface area contributed by atoms with E-state index in [2.05, 4.69) is 27.4 Å². The number of nitrogens with zero attached hydrogens (tertiary/aromatic N) is 2. The van der Waals surface area contributed by atoms with Crippen molar-refractivity contribution in [2.24, 2.45) is 0 Å². The minimum atomic E-state index is 0.587. The largest absolute Gasteiger partial charge is 0.480 e. The molecule has 98 valence electrons. The molecule has 0 spiro atoms. The molecule has 1 fully saturated rings. The molecule has 2 bridgehead atoms. The zero-order valence-corrected chi connectivity index (χ0v) is 11.0. The molecule has 1 aromatic heterocycles. The van der Waals surface area contributed by atoms with Crippen LogP contribution in [0, 0.1) is 0 Å². The summed E-state index contributed by atoms with van der Waals surface area (Å²) in [6.45, 7) is 2.19. The van der Waals surface area contributed by atoms with E-state index in [1.54, 1.807) is 13.3 Å². The second-order valence-corrected chi connectivity index (χ2v) is 5.51. The van der Waals surface area contributed by atoms with Gasteiger partial charge in [-0.1, -0.05) is 0 Å². The molecule has 1 saturated heterocycles. The highest BCUT2D eigenvalue weighted by atomic mass is 16.5. The van der Waals surface area contributed by atoms with E-state index in [1.165, 1.54) is 24.0 Å². The van der Waals surface area contributed by atoms with Gasteiger partial charge in [0.05, 0.1) is 24.3 Å². The lowest BCUT2D eigenvalue weighted by molar-refractivity contribution is 0.397. The number of fused-ring (bicyclic) bond motifs is 4. The van der Waals surface area contributed by atoms with Crippen molar-refractivity contribution in [1.29, 1.82) is 0 Å². The standard InChI is InChI=1S/C15H17N3O/c1-19-15-8-17-13-4-11-9-2-3-10(7-16-6-9)12(11)5-14(13)18-15/h4-5,8-10,16H,2-3,6-7H2,1H3. The third-order valence-corrected chi connectivity index (χ3v) is 4.46. The molecule has 2 unspecified atom stereocenters. The summed E-state index contributed by atoms with van der Waals surface area (Å²) < 4.78 is 5.17. The van der Waals surface area contributed by atoms with Crippen LogP contribution in [0.2, 0.25) is 0 Å². The first-order valence-corrected chi connectivity index (χ1v) is 6.90. The van der Waals surface area contributed by atoms with Gasteiger partial charge in [-0.05, 0) is 47.9 Å². The van der Waals surface area contributed by atoms with E-state index < -0.39 is 0 Å². The quantitative estimate of drug-likeness (QED) is 0.848. The molecule has 1 aliphatic carbocycles. The average molecular weight is 255 g/mol. The fourth-order valence-corrected chi connectivity index (χ4v) is 3.45. The number of ether oxygens (including phenoxy) is 1. The number of hydrogen-bond acceptors (Lipinski definition) is 4. The van der Waals surface area contributed by atoms with Crippen LogP contribution in [-0.2, 0) is 0 Å². The second kappa shape index (κ2) is 4.17. The van der Waals surface area contributed by atoms with Crippen molar-refractivity contribution in [2.45, 2.75) is 24.7 Å². The van der Waals surface area contributed by atoms with Gasteiger partial charge in [0.2, 0.25) is 5.88 Å². The molecule has 3 aliphatic rings. The van der Waals surface area contributed by atoms with Crippen molar-refractivity contribution in [3.63, 3.8) is 0 Å². The minimum absolute atomic E-state index is 0.587. The van der Waals surface area contributed by atoms with Gasteiger partial charge in [-0.15, -0.1) is 0 Å². The van der Waals surface area contributed by atoms with Crippen LogP contribution in [0.5, 0.6) is 5.88 Å². The van der Waals surface area contributed by atoms with Crippen molar-refractivity contribution in [3.05, 3.63) is 29.5 Å². The van der Waals surface area contributed by atoms with Crippen molar-refractivity contribution in [1.82, 2.24) is 15.3 Å². The minimum Gasteiger partial charge on any atom is -0.480 e. The SMILES string of the molecule is COc1cnc2cc3c(cc2n1)C1CCC3CNC1. The van der Waals surface area contributed by atoms with Crippen LogP contribution >= 0.6 is 0 Å². The molecular formula is C15H17N3O. The molecule has 4 heteroatoms. The van der Waals surface area contributed by atoms with Crippen LogP contribution in [0.15, 0.2) is 18.3 Å². The summed E-state index contributed by atoms with van der Waals surface area (Å²) in [7, 11) is 1.63. The van der Waals surface area contributed by atoms with Gasteiger partial charge < -0.3 is 10.1 Å². The molecule has 2 aliphatic heterocycles. The number of benzene rings is 1. The van der Waals surface area contributed by atoms with Gasteiger partial charge in [0.25, 0.3) is 0 Å². The Balaban J connectivity index is 1.94. The maximum atomic E-state index is 5.17. The number of methoxy groups -OCH3 is 1. The Morgan fingerprint density at radius 1 is 1.11 bits per heavy atom. The monoisotopic (exact) mass is 255 g/mol. The molecule has 0 radical (unpaired) electrons. The molecule has 2 atom stereocenters. The Morgan fingerprint density at radius 2 is 1.79 bits per heavy atom. The van der Waals surface area contributed by atoms with E-state index in [-0.39, 0.29) is 0 Å². The highest BCUT2D eigenvalue weighted by Crippen LogP contribution is 2.41. The number of nitrogens with one attached hydrogen (secondary N) is 1. The van der Waals surface area contributed by atoms with Crippen molar-refractivity contribution in [2.75, 3.05) is 20.2 Å². The van der Waals surface area contributed by atoms with Crippen LogP contribution in [0.25, 0.3) is 11.0 Å². The molecule has 4 nitrogen and oxygen atoms in total. The topological polar surface area (TPSA) is 47.0 Å². The maximum Gasteiger partial charge on any atom is 0.232 e. The molecule has 1 N–H and O–H groups in total. The molecule has 3 heterocycles. The Bertz CT molecular complexity index is 637. The predicted octanol–water partition coefficient (Wildman–Crippen LogP) is 2.20. The van der Waals surface area contributed by atoms with Gasteiger partial charge in [-0.3, -0.25) is 0 Å². The van der Waals surface area contributed by atoms with E-state index >= 15 is 0 Å². The summed E-state index contributed by atoms with van der Waals surface area (Å²) >= 11 is 0. The van der Waals surface area contributed by atoms with Crippen LogP contribution in [0.1, 0.15) is 35.8 Å². The van der Waals surface area contributed by atoms with Crippen molar-refractivity contribution < 1.29 is 4.74 Å². The molecule has 2 aromatic rings. The van der Waals surface area contributed by atoms with E-state index in [0.717, 1.165) is 24.1 Å². The zero-order valence-electron chi connectivity index (χ0n) is 11.0. The molecular weight excluding hydrogens is 238 g/mol. The van der Waals surface area contributed by atoms with Gasteiger partial charge in [0.1, 0.15) is 0 Å². The Morgan fingerprint density at radius 3 is 2.47 bits per heavy atom. The van der Waals surface area contributed by atoms with Gasteiger partial charge in [0, 0.05) is 13.1 Å². The molecule has 0 saturated carbocycles. The zero-order chi connectivity index (χ0) is 12.8. The number of rotatable bonds is 1. The van der Waals surface area contributed by atoms with Gasteiger partial charge in [-0.25, -0.2) is 9.97 Å². The molecule has 1 aromatic carbocycles. The van der Waals surface area contributed by atoms with Crippen LogP contribution in [-0.4, -0.2) is 30.2 Å². The van der Waals surface area contributed by atoms with Crippen molar-refractivity contribution in [3.8, 4) is 5.88 Å². The fourth-order valence-electron chi connectivity index (χ4n) is 3.45. The third kappa shape index (κ3) is 1.70. The second-order valence-electron chi connectivity index (χ2n) is 5.51. The molecule has 0 amide bonds. The highest BCUT2D eigenvalue weighted by Gasteiger charge is 2.30. The maximum absolute atomic E-state index is 5.17. The summed E-state index contributed by atoms with van der Waals surface area (Å²) in [6.07, 6.45) is 4.27. The smallest absolute Gasteiger partial charge is 0.232 e. The first kappa shape index (κ1) is 11.2. The third-order valence-electron chi connectivity index (χ3n) is 4.46. The number of aromatic nitrogens is 2. The lowest BCUT2D eigenvalue weighted by Gasteiger charge is -2.26. The molecule has 5 rings (SSSR count). The van der Waals surface area contributed by atoms with Crippen LogP contribution < -0.4 is 10.1 Å². The average Bonchev–Trinajstić information content (AvgIpc) is 2.79. The lowest BCUT2D eigenvalue weighted by atomic mass is 9.78. The Labute approximate surface area is 112 Å². The van der Waals surface area contributed by atoms with Gasteiger partial charge >= 0.3 is 0 Å². The Kier molecular flexibility index (Phi) is 2.45. The summed E-state index contributed by atoms with van der Waals surface area (Å²) in [6, 6.07) is 4.46. The van der Waals surface area contributed by atoms with Gasteiger partial charge in [0.15, 0.2) is 0 Å². The normalized spacial score (nSPS) is 25.1. The summed E-state index contributed by atoms with van der Waals surface area (Å²) in [5.74, 6) is 1.86. The van der Waals surface area contributed by atoms with E-state index in [4.69, 9.17) is 4.74 Å². The summed E-state index contributed by atoms with van der Waals surface area (Å²) in [5.41, 5.74) is 4.88.